The van der Waals surface area contributed by atoms with Gasteiger partial charge >= 0.3 is 0 Å². The summed E-state index contributed by atoms with van der Waals surface area (Å²) in [6.45, 7) is 8.79. The van der Waals surface area contributed by atoms with Gasteiger partial charge in [0.05, 0.1) is 28.2 Å². The molecule has 1 atom stereocenters. The quantitative estimate of drug-likeness (QED) is 0.246. The Kier molecular flexibility index (Phi) is 7.31. The normalized spacial score (nSPS) is 15.8. The fourth-order valence-corrected chi connectivity index (χ4v) is 3.65. The maximum Gasteiger partial charge on any atom is 0.280 e. The number of aliphatic imine (C=N–C) groups is 1. The zero-order valence-electron chi connectivity index (χ0n) is 18.9. The molecule has 1 heterocycles. The van der Waals surface area contributed by atoms with Crippen LogP contribution in [0.5, 0.6) is 5.75 Å². The Morgan fingerprint density at radius 3 is 2.45 bits per heavy atom. The maximum absolute atomic E-state index is 11.7. The van der Waals surface area contributed by atoms with Crippen LogP contribution in [0.3, 0.4) is 0 Å². The molecule has 0 saturated heterocycles. The lowest BCUT2D eigenvalue weighted by molar-refractivity contribution is -0.384. The Bertz CT molecular complexity index is 935. The van der Waals surface area contributed by atoms with Crippen molar-refractivity contribution in [3.63, 3.8) is 0 Å². The van der Waals surface area contributed by atoms with Crippen molar-refractivity contribution < 1.29 is 14.4 Å². The van der Waals surface area contributed by atoms with Crippen molar-refractivity contribution in [3.8, 4) is 16.9 Å². The number of nitro benzene ring substituents is 1. The number of unbranched alkanes of at least 4 members (excludes halogenated alkanes) is 3. The molecule has 1 aliphatic heterocycles. The first-order valence-corrected chi connectivity index (χ1v) is 11.1. The fraction of sp³-hybridized carbons (Fsp3) is 0.480. The summed E-state index contributed by atoms with van der Waals surface area (Å²) in [6.07, 6.45) is 5.69. The number of nitro groups is 1. The molecule has 6 heteroatoms. The number of hydrogen-bond acceptors (Lipinski definition) is 5. The van der Waals surface area contributed by atoms with Crippen molar-refractivity contribution in [2.24, 2.45) is 4.99 Å². The third kappa shape index (κ3) is 6.06. The Hall–Kier alpha value is -2.89. The van der Waals surface area contributed by atoms with Gasteiger partial charge in [-0.2, -0.15) is 0 Å². The van der Waals surface area contributed by atoms with Gasteiger partial charge in [0.25, 0.3) is 5.69 Å². The van der Waals surface area contributed by atoms with Gasteiger partial charge in [0.15, 0.2) is 0 Å². The van der Waals surface area contributed by atoms with Crippen LogP contribution in [-0.4, -0.2) is 29.1 Å². The maximum atomic E-state index is 11.7. The molecule has 31 heavy (non-hydrogen) atoms. The van der Waals surface area contributed by atoms with Gasteiger partial charge in [0.1, 0.15) is 12.4 Å². The van der Waals surface area contributed by atoms with Gasteiger partial charge in [0, 0.05) is 5.56 Å². The van der Waals surface area contributed by atoms with E-state index in [0.717, 1.165) is 24.0 Å². The average molecular weight is 425 g/mol. The molecule has 1 aliphatic rings. The van der Waals surface area contributed by atoms with Gasteiger partial charge in [-0.15, -0.1) is 0 Å². The van der Waals surface area contributed by atoms with Crippen molar-refractivity contribution in [3.05, 3.63) is 58.1 Å². The van der Waals surface area contributed by atoms with Crippen LogP contribution in [0.25, 0.3) is 11.1 Å². The predicted molar refractivity (Wildman–Crippen MR) is 124 cm³/mol. The smallest absolute Gasteiger partial charge is 0.280 e. The van der Waals surface area contributed by atoms with E-state index in [4.69, 9.17) is 9.47 Å². The summed E-state index contributed by atoms with van der Waals surface area (Å²) in [5, 5.41) is 11.7. The lowest BCUT2D eigenvalue weighted by atomic mass is 10.0. The number of benzene rings is 2. The van der Waals surface area contributed by atoms with Crippen LogP contribution >= 0.6 is 0 Å². The lowest BCUT2D eigenvalue weighted by Crippen LogP contribution is -2.17. The van der Waals surface area contributed by atoms with Crippen molar-refractivity contribution in [2.45, 2.75) is 71.4 Å². The van der Waals surface area contributed by atoms with Gasteiger partial charge < -0.3 is 9.47 Å². The average Bonchev–Trinajstić information content (AvgIpc) is 3.11. The Balaban J connectivity index is 1.75. The molecule has 1 unspecified atom stereocenters. The number of rotatable bonds is 10. The van der Waals surface area contributed by atoms with Crippen LogP contribution in [0.1, 0.15) is 65.4 Å². The SMILES string of the molecule is CCCCCCC(C)Oc1ccc(-c2ccc(C3=NC(C)(C)CO3)cc2)c([N+](=O)[O-])c1. The summed E-state index contributed by atoms with van der Waals surface area (Å²) in [5.41, 5.74) is 2.02. The third-order valence-electron chi connectivity index (χ3n) is 5.38. The van der Waals surface area contributed by atoms with Crippen molar-refractivity contribution in [1.29, 1.82) is 0 Å². The first kappa shape index (κ1) is 22.8. The molecule has 0 spiro atoms. The van der Waals surface area contributed by atoms with Gasteiger partial charge in [-0.25, -0.2) is 4.99 Å². The van der Waals surface area contributed by atoms with E-state index in [1.807, 2.05) is 51.1 Å². The molecular weight excluding hydrogens is 392 g/mol. The minimum atomic E-state index is -0.352. The summed E-state index contributed by atoms with van der Waals surface area (Å²) >= 11 is 0. The molecule has 0 amide bonds. The largest absolute Gasteiger partial charge is 0.490 e. The Labute approximate surface area is 184 Å². The molecule has 0 fully saturated rings. The zero-order chi connectivity index (χ0) is 22.4. The zero-order valence-corrected chi connectivity index (χ0v) is 18.9. The van der Waals surface area contributed by atoms with Gasteiger partial charge in [-0.3, -0.25) is 10.1 Å². The highest BCUT2D eigenvalue weighted by molar-refractivity contribution is 5.96. The topological polar surface area (TPSA) is 74.0 Å². The van der Waals surface area contributed by atoms with Crippen molar-refractivity contribution in [1.82, 2.24) is 0 Å². The van der Waals surface area contributed by atoms with Crippen LogP contribution in [-0.2, 0) is 4.74 Å². The van der Waals surface area contributed by atoms with Crippen molar-refractivity contribution >= 4 is 11.6 Å². The standard InChI is InChI=1S/C25H32N2O4/c1-5-6-7-8-9-18(2)31-21-14-15-22(23(16-21)27(28)29)19-10-12-20(13-11-19)24-26-25(3,4)17-30-24/h10-16,18H,5-9,17H2,1-4H3. The molecular formula is C25H32N2O4. The molecule has 0 aliphatic carbocycles. The molecule has 166 valence electrons. The van der Waals surface area contributed by atoms with Crippen LogP contribution in [0, 0.1) is 10.1 Å². The summed E-state index contributed by atoms with van der Waals surface area (Å²) in [6, 6.07) is 12.6. The highest BCUT2D eigenvalue weighted by atomic mass is 16.6. The summed E-state index contributed by atoms with van der Waals surface area (Å²) in [5.74, 6) is 1.15. The molecule has 3 rings (SSSR count). The fourth-order valence-electron chi connectivity index (χ4n) is 3.65. The van der Waals surface area contributed by atoms with E-state index in [-0.39, 0.29) is 22.3 Å². The van der Waals surface area contributed by atoms with Gasteiger partial charge in [0.2, 0.25) is 5.90 Å². The van der Waals surface area contributed by atoms with E-state index in [0.29, 0.717) is 23.8 Å². The van der Waals surface area contributed by atoms with Crippen LogP contribution in [0.4, 0.5) is 5.69 Å². The second-order valence-electron chi connectivity index (χ2n) is 8.81. The summed E-state index contributed by atoms with van der Waals surface area (Å²) in [4.78, 5) is 16.0. The molecule has 0 N–H and O–H groups in total. The first-order valence-electron chi connectivity index (χ1n) is 11.1. The summed E-state index contributed by atoms with van der Waals surface area (Å²) in [7, 11) is 0. The minimum absolute atomic E-state index is 0.0260. The molecule has 0 bridgehead atoms. The first-order chi connectivity index (χ1) is 14.8. The molecule has 0 radical (unpaired) electrons. The van der Waals surface area contributed by atoms with Gasteiger partial charge in [-0.1, -0.05) is 38.3 Å². The second-order valence-corrected chi connectivity index (χ2v) is 8.81. The number of nitrogens with zero attached hydrogens (tertiary/aromatic N) is 2. The van der Waals surface area contributed by atoms with E-state index < -0.39 is 0 Å². The van der Waals surface area contributed by atoms with E-state index in [2.05, 4.69) is 11.9 Å². The van der Waals surface area contributed by atoms with E-state index in [1.54, 1.807) is 6.07 Å². The number of hydrogen-bond donors (Lipinski definition) is 0. The van der Waals surface area contributed by atoms with E-state index >= 15 is 0 Å². The molecule has 0 aromatic heterocycles. The second kappa shape index (κ2) is 9.94. The molecule has 2 aromatic carbocycles. The van der Waals surface area contributed by atoms with Crippen molar-refractivity contribution in [2.75, 3.05) is 6.61 Å². The minimum Gasteiger partial charge on any atom is -0.490 e. The Morgan fingerprint density at radius 1 is 1.13 bits per heavy atom. The molecule has 6 nitrogen and oxygen atoms in total. The lowest BCUT2D eigenvalue weighted by Gasteiger charge is -2.15. The van der Waals surface area contributed by atoms with E-state index in [9.17, 15) is 10.1 Å². The Morgan fingerprint density at radius 2 is 1.84 bits per heavy atom. The highest BCUT2D eigenvalue weighted by Crippen LogP contribution is 2.34. The highest BCUT2D eigenvalue weighted by Gasteiger charge is 2.27. The summed E-state index contributed by atoms with van der Waals surface area (Å²) < 4.78 is 11.6. The van der Waals surface area contributed by atoms with E-state index in [1.165, 1.54) is 25.3 Å². The molecule has 0 saturated carbocycles. The number of ether oxygens (including phenoxy) is 2. The van der Waals surface area contributed by atoms with Crippen LogP contribution in [0.2, 0.25) is 0 Å². The van der Waals surface area contributed by atoms with Gasteiger partial charge in [-0.05, 0) is 63.4 Å². The molecule has 2 aromatic rings. The van der Waals surface area contributed by atoms with Crippen LogP contribution in [0.15, 0.2) is 47.5 Å². The van der Waals surface area contributed by atoms with Crippen LogP contribution < -0.4 is 4.74 Å². The monoisotopic (exact) mass is 424 g/mol. The third-order valence-corrected chi connectivity index (χ3v) is 5.38. The predicted octanol–water partition coefficient (Wildman–Crippen LogP) is 6.55.